The lowest BCUT2D eigenvalue weighted by Gasteiger charge is -2.09. The molecule has 0 saturated heterocycles. The first-order valence-corrected chi connectivity index (χ1v) is 11.3. The first-order valence-electron chi connectivity index (χ1n) is 10.1. The molecule has 6 nitrogen and oxygen atoms in total. The van der Waals surface area contributed by atoms with Gasteiger partial charge < -0.3 is 14.9 Å². The molecule has 0 aliphatic carbocycles. The van der Waals surface area contributed by atoms with Crippen molar-refractivity contribution in [3.63, 3.8) is 0 Å². The summed E-state index contributed by atoms with van der Waals surface area (Å²) in [7, 11) is 0. The first kappa shape index (κ1) is 21.3. The van der Waals surface area contributed by atoms with E-state index in [1.807, 2.05) is 43.3 Å². The zero-order valence-electron chi connectivity index (χ0n) is 17.0. The molecule has 0 amide bonds. The molecule has 160 valence electrons. The Balaban J connectivity index is 1.29. The summed E-state index contributed by atoms with van der Waals surface area (Å²) in [6.07, 6.45) is 3.37. The summed E-state index contributed by atoms with van der Waals surface area (Å²) < 4.78 is 6.06. The third-order valence-electron chi connectivity index (χ3n) is 4.81. The molecule has 4 rings (SSSR count). The first-order chi connectivity index (χ1) is 15.1. The molecule has 1 aliphatic rings. The van der Waals surface area contributed by atoms with E-state index >= 15 is 0 Å². The zero-order valence-corrected chi connectivity index (χ0v) is 18.6. The fourth-order valence-corrected chi connectivity index (χ4v) is 4.27. The van der Waals surface area contributed by atoms with Crippen molar-refractivity contribution in [2.24, 2.45) is 5.16 Å². The number of halogens is 1. The van der Waals surface area contributed by atoms with Gasteiger partial charge in [0.15, 0.2) is 5.78 Å². The Morgan fingerprint density at radius 3 is 2.81 bits per heavy atom. The van der Waals surface area contributed by atoms with Crippen LogP contribution in [0.3, 0.4) is 0 Å². The number of aromatic nitrogens is 1. The number of hydrogen-bond donors (Lipinski definition) is 1. The lowest BCUT2D eigenvalue weighted by molar-refractivity contribution is 0.0720. The van der Waals surface area contributed by atoms with Crippen molar-refractivity contribution in [3.8, 4) is 5.88 Å². The van der Waals surface area contributed by atoms with Crippen LogP contribution in [0, 0.1) is 0 Å². The minimum Gasteiger partial charge on any atom is -0.478 e. The van der Waals surface area contributed by atoms with E-state index < -0.39 is 0 Å². The second-order valence-corrected chi connectivity index (χ2v) is 8.77. The topological polar surface area (TPSA) is 72.8 Å². The number of carbonyl (C=O) groups is 1. The quantitative estimate of drug-likeness (QED) is 0.395. The number of thiophene rings is 1. The van der Waals surface area contributed by atoms with Gasteiger partial charge in [-0.05, 0) is 49.2 Å². The highest BCUT2D eigenvalue weighted by Crippen LogP contribution is 2.26. The van der Waals surface area contributed by atoms with E-state index in [-0.39, 0.29) is 11.9 Å². The van der Waals surface area contributed by atoms with Crippen molar-refractivity contribution >= 4 is 45.8 Å². The van der Waals surface area contributed by atoms with Crippen molar-refractivity contribution in [2.45, 2.75) is 32.3 Å². The van der Waals surface area contributed by atoms with Gasteiger partial charge in [0.05, 0.1) is 21.5 Å². The number of anilines is 2. The molecule has 3 aromatic rings. The highest BCUT2D eigenvalue weighted by molar-refractivity contribution is 7.18. The van der Waals surface area contributed by atoms with Crippen LogP contribution in [0.2, 0.25) is 4.34 Å². The molecule has 1 unspecified atom stereocenters. The largest absolute Gasteiger partial charge is 0.478 e. The van der Waals surface area contributed by atoms with Gasteiger partial charge in [-0.25, -0.2) is 4.98 Å². The molecular weight excluding hydrogens is 434 g/mol. The SMILES string of the molecule is CCOc1cc(Nc2ccc(C3=NOC(CCC(=O)c4ccc(Cl)s4)C3)cc2)ccn1. The summed E-state index contributed by atoms with van der Waals surface area (Å²) in [4.78, 5) is 22.7. The van der Waals surface area contributed by atoms with Crippen molar-refractivity contribution < 1.29 is 14.4 Å². The van der Waals surface area contributed by atoms with Gasteiger partial charge in [-0.15, -0.1) is 11.3 Å². The normalized spacial score (nSPS) is 15.3. The van der Waals surface area contributed by atoms with Crippen molar-refractivity contribution in [2.75, 3.05) is 11.9 Å². The number of pyridine rings is 1. The van der Waals surface area contributed by atoms with Crippen LogP contribution in [-0.2, 0) is 4.84 Å². The predicted molar refractivity (Wildman–Crippen MR) is 124 cm³/mol. The van der Waals surface area contributed by atoms with Crippen LogP contribution in [0.4, 0.5) is 11.4 Å². The average molecular weight is 456 g/mol. The van der Waals surface area contributed by atoms with Gasteiger partial charge in [0, 0.05) is 36.5 Å². The number of carbonyl (C=O) groups excluding carboxylic acids is 1. The Morgan fingerprint density at radius 1 is 1.23 bits per heavy atom. The highest BCUT2D eigenvalue weighted by Gasteiger charge is 2.23. The Kier molecular flexibility index (Phi) is 6.84. The van der Waals surface area contributed by atoms with E-state index in [4.69, 9.17) is 21.2 Å². The van der Waals surface area contributed by atoms with Crippen molar-refractivity contribution in [1.82, 2.24) is 4.98 Å². The molecule has 0 bridgehead atoms. The fourth-order valence-electron chi connectivity index (χ4n) is 3.26. The number of nitrogens with one attached hydrogen (secondary N) is 1. The van der Waals surface area contributed by atoms with Crippen LogP contribution in [0.25, 0.3) is 0 Å². The van der Waals surface area contributed by atoms with Crippen LogP contribution >= 0.6 is 22.9 Å². The summed E-state index contributed by atoms with van der Waals surface area (Å²) in [5, 5.41) is 7.57. The summed E-state index contributed by atoms with van der Waals surface area (Å²) in [5.74, 6) is 0.682. The maximum Gasteiger partial charge on any atom is 0.215 e. The molecule has 1 aromatic carbocycles. The van der Waals surface area contributed by atoms with E-state index in [9.17, 15) is 4.79 Å². The van der Waals surface area contributed by atoms with E-state index in [1.165, 1.54) is 11.3 Å². The fraction of sp³-hybridized carbons (Fsp3) is 0.261. The number of Topliss-reactive ketones (excluding diaryl/α,β-unsaturated/α-hetero) is 1. The van der Waals surface area contributed by atoms with E-state index in [0.717, 1.165) is 22.6 Å². The molecule has 0 saturated carbocycles. The van der Waals surface area contributed by atoms with Gasteiger partial charge in [0.25, 0.3) is 0 Å². The number of benzene rings is 1. The number of oxime groups is 1. The van der Waals surface area contributed by atoms with E-state index in [0.29, 0.717) is 41.0 Å². The van der Waals surface area contributed by atoms with E-state index in [1.54, 1.807) is 18.3 Å². The molecule has 31 heavy (non-hydrogen) atoms. The smallest absolute Gasteiger partial charge is 0.215 e. The summed E-state index contributed by atoms with van der Waals surface area (Å²) in [6, 6.07) is 15.3. The van der Waals surface area contributed by atoms with Gasteiger partial charge in [0.2, 0.25) is 5.88 Å². The predicted octanol–water partition coefficient (Wildman–Crippen LogP) is 6.09. The lowest BCUT2D eigenvalue weighted by atomic mass is 10.0. The minimum absolute atomic E-state index is 0.0824. The number of ketones is 1. The highest BCUT2D eigenvalue weighted by atomic mass is 35.5. The molecule has 1 aliphatic heterocycles. The van der Waals surface area contributed by atoms with Crippen LogP contribution in [0.5, 0.6) is 5.88 Å². The standard InChI is InChI=1S/C23H22ClN3O3S/c1-2-29-23-13-17(11-12-25-23)26-16-5-3-15(4-6-16)19-14-18(30-27-19)7-8-20(28)21-9-10-22(24)31-21/h3-6,9-13,18H,2,7-8,14H2,1H3,(H,25,26). The van der Waals surface area contributed by atoms with Crippen LogP contribution < -0.4 is 10.1 Å². The summed E-state index contributed by atoms with van der Waals surface area (Å²) >= 11 is 7.22. The van der Waals surface area contributed by atoms with Gasteiger partial charge in [0.1, 0.15) is 6.10 Å². The van der Waals surface area contributed by atoms with Crippen molar-refractivity contribution in [1.29, 1.82) is 0 Å². The van der Waals surface area contributed by atoms with Gasteiger partial charge in [-0.1, -0.05) is 28.9 Å². The van der Waals surface area contributed by atoms with Gasteiger partial charge >= 0.3 is 0 Å². The molecule has 2 aromatic heterocycles. The van der Waals surface area contributed by atoms with Crippen molar-refractivity contribution in [3.05, 3.63) is 69.5 Å². The van der Waals surface area contributed by atoms with Gasteiger partial charge in [-0.2, -0.15) is 0 Å². The molecular formula is C23H22ClN3O3S. The molecule has 1 atom stereocenters. The molecule has 0 radical (unpaired) electrons. The molecule has 1 N–H and O–H groups in total. The maximum atomic E-state index is 12.3. The van der Waals surface area contributed by atoms with Crippen LogP contribution in [-0.4, -0.2) is 29.2 Å². The lowest BCUT2D eigenvalue weighted by Crippen LogP contribution is -2.11. The number of nitrogens with zero attached hydrogens (tertiary/aromatic N) is 2. The van der Waals surface area contributed by atoms with Gasteiger partial charge in [-0.3, -0.25) is 4.79 Å². The minimum atomic E-state index is -0.0824. The Morgan fingerprint density at radius 2 is 2.06 bits per heavy atom. The number of ether oxygens (including phenoxy) is 1. The summed E-state index contributed by atoms with van der Waals surface area (Å²) in [5.41, 5.74) is 3.76. The molecule has 8 heteroatoms. The second-order valence-electron chi connectivity index (χ2n) is 7.05. The van der Waals surface area contributed by atoms with Crippen LogP contribution in [0.1, 0.15) is 41.4 Å². The monoisotopic (exact) mass is 455 g/mol. The Hall–Kier alpha value is -2.90. The second kappa shape index (κ2) is 9.94. The maximum absolute atomic E-state index is 12.3. The molecule has 3 heterocycles. The Bertz CT molecular complexity index is 1080. The third-order valence-corrected chi connectivity index (χ3v) is 6.08. The van der Waals surface area contributed by atoms with E-state index in [2.05, 4.69) is 15.5 Å². The molecule has 0 fully saturated rings. The molecule has 0 spiro atoms. The summed E-state index contributed by atoms with van der Waals surface area (Å²) in [6.45, 7) is 2.50. The Labute approximate surface area is 189 Å². The number of rotatable bonds is 9. The third kappa shape index (κ3) is 5.62. The average Bonchev–Trinajstić information content (AvgIpc) is 3.42. The van der Waals surface area contributed by atoms with Crippen LogP contribution in [0.15, 0.2) is 59.9 Å². The number of hydrogen-bond acceptors (Lipinski definition) is 7. The zero-order chi connectivity index (χ0) is 21.6.